The molecule has 0 N–H and O–H groups in total. The molecule has 0 aliphatic carbocycles. The Balaban J connectivity index is -0.00000000500. The quantitative estimate of drug-likeness (QED) is 0.326. The van der Waals surface area contributed by atoms with Crippen molar-refractivity contribution in [2.45, 2.75) is 0 Å². The van der Waals surface area contributed by atoms with E-state index in [2.05, 4.69) is 0 Å². The fourth-order valence-corrected chi connectivity index (χ4v) is 0. The SMILES string of the molecule is O=P.[Mn].[NaH]. The molecule has 21 valence electrons. The van der Waals surface area contributed by atoms with Gasteiger partial charge in [0.1, 0.15) is 9.12 Å². The molecule has 1 radical (unpaired) electrons. The van der Waals surface area contributed by atoms with Crippen LogP contribution in [0.5, 0.6) is 0 Å². The third-order valence-corrected chi connectivity index (χ3v) is 0. The summed E-state index contributed by atoms with van der Waals surface area (Å²) in [6, 6.07) is 0. The van der Waals surface area contributed by atoms with Crippen LogP contribution in [0.1, 0.15) is 0 Å². The first-order chi connectivity index (χ1) is 1.00. The Kier molecular flexibility index (Phi) is 101. The van der Waals surface area contributed by atoms with Crippen molar-refractivity contribution >= 4 is 38.7 Å². The molecule has 0 aromatic carbocycles. The number of hydrogen-bond acceptors (Lipinski definition) is 1. The molecule has 0 spiro atoms. The van der Waals surface area contributed by atoms with Crippen molar-refractivity contribution in [1.29, 1.82) is 0 Å². The Hall–Kier alpha value is 1.62. The first-order valence-electron chi connectivity index (χ1n) is 0.204. The van der Waals surface area contributed by atoms with E-state index in [0.717, 1.165) is 0 Å². The van der Waals surface area contributed by atoms with Gasteiger partial charge in [0.25, 0.3) is 0 Å². The summed E-state index contributed by atoms with van der Waals surface area (Å²) in [5.74, 6) is 0. The second kappa shape index (κ2) is 23.1. The zero-order valence-electron chi connectivity index (χ0n) is 1.29. The first kappa shape index (κ1) is 17.5. The van der Waals surface area contributed by atoms with Crippen LogP contribution in [0.3, 0.4) is 0 Å². The molecule has 0 fully saturated rings. The van der Waals surface area contributed by atoms with Crippen LogP contribution in [0.25, 0.3) is 0 Å². The monoisotopic (exact) mass is 127 g/mol. The average Bonchev–Trinajstić information content (AvgIpc) is 1.00. The molecule has 0 bridgehead atoms. The van der Waals surface area contributed by atoms with Crippen molar-refractivity contribution in [3.63, 3.8) is 0 Å². The zero-order chi connectivity index (χ0) is 2.00. The predicted octanol–water partition coefficient (Wildman–Crippen LogP) is -0.176. The molecule has 4 heavy (non-hydrogen) atoms. The molecule has 0 aromatic rings. The molecular weight excluding hydrogens is 125 g/mol. The maximum atomic E-state index is 8.06. The molecule has 0 atom stereocenters. The molecule has 0 heterocycles. The Labute approximate surface area is 59.9 Å². The molecule has 0 aliphatic rings. The standard InChI is InChI=1S/Mn.Na.HOP.H/c;;1-2;/h;;2H;. The van der Waals surface area contributed by atoms with Gasteiger partial charge in [0.05, 0.1) is 0 Å². The molecule has 0 rings (SSSR count). The van der Waals surface area contributed by atoms with Crippen molar-refractivity contribution in [3.05, 3.63) is 0 Å². The van der Waals surface area contributed by atoms with E-state index >= 15 is 0 Å². The summed E-state index contributed by atoms with van der Waals surface area (Å²) in [5, 5.41) is 0. The minimum absolute atomic E-state index is 0. The molecule has 1 nitrogen and oxygen atoms in total. The van der Waals surface area contributed by atoms with Crippen LogP contribution < -0.4 is 0 Å². The van der Waals surface area contributed by atoms with Gasteiger partial charge < -0.3 is 0 Å². The van der Waals surface area contributed by atoms with Gasteiger partial charge in [0, 0.05) is 17.1 Å². The van der Waals surface area contributed by atoms with Crippen molar-refractivity contribution in [2.24, 2.45) is 0 Å². The van der Waals surface area contributed by atoms with Gasteiger partial charge in [0.2, 0.25) is 0 Å². The van der Waals surface area contributed by atoms with Gasteiger partial charge in [-0.2, -0.15) is 0 Å². The van der Waals surface area contributed by atoms with E-state index in [1.165, 1.54) is 0 Å². The van der Waals surface area contributed by atoms with Gasteiger partial charge in [-0.3, -0.25) is 4.57 Å². The Morgan fingerprint density at radius 1 is 1.25 bits per heavy atom. The second-order valence-corrected chi connectivity index (χ2v) is 0. The van der Waals surface area contributed by atoms with Gasteiger partial charge in [0.15, 0.2) is 0 Å². The third-order valence-electron chi connectivity index (χ3n) is 0. The van der Waals surface area contributed by atoms with Crippen LogP contribution in [-0.4, -0.2) is 29.6 Å². The predicted molar refractivity (Wildman–Crippen MR) is 16.2 cm³/mol. The summed E-state index contributed by atoms with van der Waals surface area (Å²) >= 11 is 0. The van der Waals surface area contributed by atoms with E-state index < -0.39 is 0 Å². The number of rotatable bonds is 0. The third kappa shape index (κ3) is 9.47. The molecule has 0 saturated heterocycles. The Bertz CT molecular complexity index is 8.00. The molecule has 0 aliphatic heterocycles. The fraction of sp³-hybridized carbons (Fsp3) is 0. The molecule has 0 unspecified atom stereocenters. The van der Waals surface area contributed by atoms with Crippen LogP contribution in [0.4, 0.5) is 0 Å². The van der Waals surface area contributed by atoms with Gasteiger partial charge >= 0.3 is 29.6 Å². The van der Waals surface area contributed by atoms with Crippen LogP contribution in [-0.2, 0) is 21.6 Å². The van der Waals surface area contributed by atoms with Crippen LogP contribution in [0.15, 0.2) is 0 Å². The summed E-state index contributed by atoms with van der Waals surface area (Å²) in [7, 11) is 1.72. The second-order valence-electron chi connectivity index (χ2n) is 0. The molecule has 4 heteroatoms. The average molecular weight is 127 g/mol. The van der Waals surface area contributed by atoms with Crippen molar-refractivity contribution in [1.82, 2.24) is 0 Å². The summed E-state index contributed by atoms with van der Waals surface area (Å²) in [5.41, 5.74) is 0. The van der Waals surface area contributed by atoms with Crippen molar-refractivity contribution in [2.75, 3.05) is 0 Å². The van der Waals surface area contributed by atoms with E-state index in [1.807, 2.05) is 0 Å². The van der Waals surface area contributed by atoms with Gasteiger partial charge in [-0.1, -0.05) is 0 Å². The van der Waals surface area contributed by atoms with Crippen LogP contribution in [0.2, 0.25) is 0 Å². The summed E-state index contributed by atoms with van der Waals surface area (Å²) in [6.45, 7) is 0. The topological polar surface area (TPSA) is 17.1 Å². The van der Waals surface area contributed by atoms with E-state index in [0.29, 0.717) is 0 Å². The van der Waals surface area contributed by atoms with Crippen LogP contribution >= 0.6 is 9.12 Å². The van der Waals surface area contributed by atoms with E-state index in [-0.39, 0.29) is 46.6 Å². The molecule has 0 amide bonds. The summed E-state index contributed by atoms with van der Waals surface area (Å²) < 4.78 is 8.06. The number of hydrogen-bond donors (Lipinski definition) is 0. The van der Waals surface area contributed by atoms with Crippen LogP contribution in [0, 0.1) is 0 Å². The van der Waals surface area contributed by atoms with Gasteiger partial charge in [-0.25, -0.2) is 0 Å². The molecule has 0 saturated carbocycles. The zero-order valence-corrected chi connectivity index (χ0v) is 3.47. The van der Waals surface area contributed by atoms with E-state index in [1.54, 1.807) is 9.12 Å². The maximum absolute atomic E-state index is 8.06. The normalized spacial score (nSPS) is 1.00. The molecule has 0 aromatic heterocycles. The Morgan fingerprint density at radius 2 is 1.25 bits per heavy atom. The fourth-order valence-electron chi connectivity index (χ4n) is 0. The van der Waals surface area contributed by atoms with Crippen molar-refractivity contribution in [3.8, 4) is 0 Å². The Morgan fingerprint density at radius 3 is 1.25 bits per heavy atom. The molecular formula is H2MnNaOP. The first-order valence-corrected chi connectivity index (χ1v) is 0.612. The van der Waals surface area contributed by atoms with Gasteiger partial charge in [-0.15, -0.1) is 0 Å². The van der Waals surface area contributed by atoms with Gasteiger partial charge in [-0.05, 0) is 0 Å². The van der Waals surface area contributed by atoms with Crippen molar-refractivity contribution < 1.29 is 21.6 Å². The minimum atomic E-state index is 0. The summed E-state index contributed by atoms with van der Waals surface area (Å²) in [4.78, 5) is 0. The van der Waals surface area contributed by atoms with E-state index in [9.17, 15) is 0 Å². The summed E-state index contributed by atoms with van der Waals surface area (Å²) in [6.07, 6.45) is 0. The van der Waals surface area contributed by atoms with E-state index in [4.69, 9.17) is 4.57 Å².